The highest BCUT2D eigenvalue weighted by Gasteiger charge is 2.12. The molecule has 5 nitrogen and oxygen atoms in total. The molecule has 0 atom stereocenters. The summed E-state index contributed by atoms with van der Waals surface area (Å²) in [5, 5.41) is 12.9. The number of hydrogen-bond donors (Lipinski definition) is 1. The van der Waals surface area contributed by atoms with Gasteiger partial charge in [0.25, 0.3) is 0 Å². The van der Waals surface area contributed by atoms with E-state index in [1.807, 2.05) is 0 Å². The van der Waals surface area contributed by atoms with Gasteiger partial charge < -0.3 is 5.11 Å². The highest BCUT2D eigenvalue weighted by atomic mass is 79.9. The Morgan fingerprint density at radius 3 is 2.87 bits per heavy atom. The van der Waals surface area contributed by atoms with E-state index < -0.39 is 5.97 Å². The lowest BCUT2D eigenvalue weighted by atomic mass is 10.2. The van der Waals surface area contributed by atoms with Crippen molar-refractivity contribution in [1.82, 2.24) is 14.8 Å². The average Bonchev–Trinajstić information content (AvgIpc) is 2.70. The molecule has 15 heavy (non-hydrogen) atoms. The lowest BCUT2D eigenvalue weighted by Gasteiger charge is -2.05. The van der Waals surface area contributed by atoms with Crippen LogP contribution in [0.15, 0.2) is 35.3 Å². The minimum atomic E-state index is -0.998. The minimum absolute atomic E-state index is 0.176. The summed E-state index contributed by atoms with van der Waals surface area (Å²) in [5.41, 5.74) is 0.665. The van der Waals surface area contributed by atoms with Gasteiger partial charge in [0.15, 0.2) is 0 Å². The molecule has 0 saturated carbocycles. The van der Waals surface area contributed by atoms with Crippen LogP contribution in [-0.2, 0) is 0 Å². The summed E-state index contributed by atoms with van der Waals surface area (Å²) in [4.78, 5) is 14.8. The maximum Gasteiger partial charge on any atom is 0.337 e. The summed E-state index contributed by atoms with van der Waals surface area (Å²) in [6.45, 7) is 0. The maximum atomic E-state index is 11.0. The summed E-state index contributed by atoms with van der Waals surface area (Å²) in [5.74, 6) is -0.998. The van der Waals surface area contributed by atoms with Gasteiger partial charge in [-0.2, -0.15) is 5.10 Å². The Morgan fingerprint density at radius 2 is 2.27 bits per heavy atom. The van der Waals surface area contributed by atoms with Crippen molar-refractivity contribution in [3.8, 4) is 5.69 Å². The molecule has 0 fully saturated rings. The van der Waals surface area contributed by atoms with Gasteiger partial charge in [0.1, 0.15) is 12.7 Å². The van der Waals surface area contributed by atoms with Crippen LogP contribution < -0.4 is 0 Å². The summed E-state index contributed by atoms with van der Waals surface area (Å²) in [7, 11) is 0. The third kappa shape index (κ3) is 1.89. The predicted octanol–water partition coefficient (Wildman–Crippen LogP) is 1.73. The standard InChI is InChI=1S/C9H6BrN3O2/c10-6-1-2-8(7(3-6)9(14)15)13-5-11-4-12-13/h1-5H,(H,14,15). The third-order valence-electron chi connectivity index (χ3n) is 1.85. The number of carboxylic acids is 1. The van der Waals surface area contributed by atoms with Crippen molar-refractivity contribution in [2.75, 3.05) is 0 Å². The summed E-state index contributed by atoms with van der Waals surface area (Å²) < 4.78 is 2.12. The molecule has 1 aromatic heterocycles. The lowest BCUT2D eigenvalue weighted by molar-refractivity contribution is 0.0696. The van der Waals surface area contributed by atoms with E-state index in [-0.39, 0.29) is 5.56 Å². The maximum absolute atomic E-state index is 11.0. The van der Waals surface area contributed by atoms with Crippen LogP contribution in [0.25, 0.3) is 5.69 Å². The zero-order valence-electron chi connectivity index (χ0n) is 7.46. The molecule has 1 aromatic carbocycles. The fourth-order valence-corrected chi connectivity index (χ4v) is 1.57. The summed E-state index contributed by atoms with van der Waals surface area (Å²) >= 11 is 3.22. The van der Waals surface area contributed by atoms with Crippen LogP contribution in [0.4, 0.5) is 0 Å². The van der Waals surface area contributed by atoms with Crippen LogP contribution in [0.5, 0.6) is 0 Å². The van der Waals surface area contributed by atoms with E-state index in [2.05, 4.69) is 26.0 Å². The molecule has 0 spiro atoms. The molecular weight excluding hydrogens is 262 g/mol. The van der Waals surface area contributed by atoms with E-state index in [1.165, 1.54) is 23.4 Å². The van der Waals surface area contributed by atoms with Crippen molar-refractivity contribution in [3.05, 3.63) is 40.9 Å². The van der Waals surface area contributed by atoms with Crippen LogP contribution >= 0.6 is 15.9 Å². The van der Waals surface area contributed by atoms with Crippen LogP contribution in [0.1, 0.15) is 10.4 Å². The van der Waals surface area contributed by atoms with Gasteiger partial charge in [-0.15, -0.1) is 0 Å². The SMILES string of the molecule is O=C(O)c1cc(Br)ccc1-n1cncn1. The van der Waals surface area contributed by atoms with Crippen LogP contribution in [-0.4, -0.2) is 25.8 Å². The fourth-order valence-electron chi connectivity index (χ4n) is 1.21. The number of aromatic carboxylic acids is 1. The second-order valence-corrected chi connectivity index (χ2v) is 3.72. The van der Waals surface area contributed by atoms with E-state index in [9.17, 15) is 4.79 Å². The second kappa shape index (κ2) is 3.82. The smallest absolute Gasteiger partial charge is 0.337 e. The Morgan fingerprint density at radius 1 is 1.47 bits per heavy atom. The molecule has 1 heterocycles. The molecule has 0 bridgehead atoms. The molecule has 6 heteroatoms. The van der Waals surface area contributed by atoms with E-state index in [0.29, 0.717) is 10.2 Å². The van der Waals surface area contributed by atoms with E-state index >= 15 is 0 Å². The van der Waals surface area contributed by atoms with Gasteiger partial charge in [-0.1, -0.05) is 15.9 Å². The van der Waals surface area contributed by atoms with Crippen LogP contribution in [0, 0.1) is 0 Å². The van der Waals surface area contributed by atoms with Crippen LogP contribution in [0.2, 0.25) is 0 Å². The van der Waals surface area contributed by atoms with Gasteiger partial charge in [-0.25, -0.2) is 14.5 Å². The fraction of sp³-hybridized carbons (Fsp3) is 0. The number of halogens is 1. The molecule has 76 valence electrons. The zero-order chi connectivity index (χ0) is 10.8. The third-order valence-corrected chi connectivity index (χ3v) is 2.35. The number of benzene rings is 1. The molecule has 0 amide bonds. The lowest BCUT2D eigenvalue weighted by Crippen LogP contribution is -2.05. The number of carbonyl (C=O) groups is 1. The van der Waals surface area contributed by atoms with Gasteiger partial charge in [0.05, 0.1) is 11.3 Å². The van der Waals surface area contributed by atoms with Crippen molar-refractivity contribution >= 4 is 21.9 Å². The van der Waals surface area contributed by atoms with E-state index in [4.69, 9.17) is 5.11 Å². The zero-order valence-corrected chi connectivity index (χ0v) is 9.05. The largest absolute Gasteiger partial charge is 0.478 e. The Hall–Kier alpha value is -1.69. The van der Waals surface area contributed by atoms with Gasteiger partial charge in [-0.3, -0.25) is 0 Å². The molecule has 1 N–H and O–H groups in total. The molecular formula is C9H6BrN3O2. The van der Waals surface area contributed by atoms with Crippen molar-refractivity contribution in [3.63, 3.8) is 0 Å². The summed E-state index contributed by atoms with van der Waals surface area (Å²) in [6, 6.07) is 4.95. The minimum Gasteiger partial charge on any atom is -0.478 e. The number of carboxylic acid groups (broad SMARTS) is 1. The van der Waals surface area contributed by atoms with Crippen molar-refractivity contribution in [2.45, 2.75) is 0 Å². The van der Waals surface area contributed by atoms with Gasteiger partial charge in [-0.05, 0) is 18.2 Å². The van der Waals surface area contributed by atoms with Crippen LogP contribution in [0.3, 0.4) is 0 Å². The molecule has 0 aliphatic heterocycles. The Bertz CT molecular complexity index is 496. The number of nitrogens with zero attached hydrogens (tertiary/aromatic N) is 3. The highest BCUT2D eigenvalue weighted by molar-refractivity contribution is 9.10. The number of rotatable bonds is 2. The predicted molar refractivity (Wildman–Crippen MR) is 56.0 cm³/mol. The van der Waals surface area contributed by atoms with Crippen molar-refractivity contribution < 1.29 is 9.90 Å². The number of hydrogen-bond acceptors (Lipinski definition) is 3. The average molecular weight is 268 g/mol. The first-order valence-electron chi connectivity index (χ1n) is 4.06. The number of aromatic nitrogens is 3. The normalized spacial score (nSPS) is 10.2. The molecule has 0 saturated heterocycles. The molecule has 2 aromatic rings. The quantitative estimate of drug-likeness (QED) is 0.900. The second-order valence-electron chi connectivity index (χ2n) is 2.81. The Balaban J connectivity index is 2.61. The first-order chi connectivity index (χ1) is 7.18. The summed E-state index contributed by atoms with van der Waals surface area (Å²) in [6.07, 6.45) is 2.81. The Labute approximate surface area is 93.5 Å². The molecule has 2 rings (SSSR count). The van der Waals surface area contributed by atoms with Gasteiger partial charge >= 0.3 is 5.97 Å². The van der Waals surface area contributed by atoms with Gasteiger partial charge in [0, 0.05) is 4.47 Å². The molecule has 0 radical (unpaired) electrons. The topological polar surface area (TPSA) is 68.0 Å². The van der Waals surface area contributed by atoms with E-state index in [1.54, 1.807) is 12.1 Å². The highest BCUT2D eigenvalue weighted by Crippen LogP contribution is 2.19. The molecule has 0 aliphatic rings. The molecule has 0 unspecified atom stereocenters. The first-order valence-corrected chi connectivity index (χ1v) is 4.85. The monoisotopic (exact) mass is 267 g/mol. The van der Waals surface area contributed by atoms with Gasteiger partial charge in [0.2, 0.25) is 0 Å². The molecule has 0 aliphatic carbocycles. The van der Waals surface area contributed by atoms with Crippen molar-refractivity contribution in [2.24, 2.45) is 0 Å². The van der Waals surface area contributed by atoms with E-state index in [0.717, 1.165) is 0 Å². The first kappa shape index (κ1) is 9.85. The van der Waals surface area contributed by atoms with Crippen molar-refractivity contribution in [1.29, 1.82) is 0 Å². The Kier molecular flexibility index (Phi) is 2.51.